The first kappa shape index (κ1) is 28.8. The third-order valence-electron chi connectivity index (χ3n) is 8.06. The lowest BCUT2D eigenvalue weighted by Gasteiger charge is -2.33. The molecule has 45 heavy (non-hydrogen) atoms. The highest BCUT2D eigenvalue weighted by molar-refractivity contribution is 7.18. The Morgan fingerprint density at radius 3 is 2.82 bits per heavy atom. The maximum atomic E-state index is 16.0. The van der Waals surface area contributed by atoms with E-state index in [4.69, 9.17) is 19.6 Å². The molecule has 0 N–H and O–H groups in total. The highest BCUT2D eigenvalue weighted by Crippen LogP contribution is 2.47. The van der Waals surface area contributed by atoms with Crippen LogP contribution in [0.3, 0.4) is 0 Å². The molecule has 9 nitrogen and oxygen atoms in total. The van der Waals surface area contributed by atoms with Gasteiger partial charge in [0, 0.05) is 53.2 Å². The summed E-state index contributed by atoms with van der Waals surface area (Å²) in [6, 6.07) is 9.50. The van der Waals surface area contributed by atoms with Gasteiger partial charge in [0.05, 0.1) is 54.2 Å². The highest BCUT2D eigenvalue weighted by atomic mass is 32.1. The van der Waals surface area contributed by atoms with Crippen LogP contribution >= 0.6 is 11.3 Å². The lowest BCUT2D eigenvalue weighted by Crippen LogP contribution is -2.40. The van der Waals surface area contributed by atoms with E-state index in [0.29, 0.717) is 35.7 Å². The summed E-state index contributed by atoms with van der Waals surface area (Å²) in [4.78, 5) is 23.7. The standard InChI is InChI=1S/C33H28F2N6O3S/c1-4-28(42)40-8-9-41-26(19(40)2)15-25(38-41)32-30(29-24(35)13-21(34)14-27(29)44-11-10-43-3)33-23(7-12-45-33)31(37-32)20-5-6-22-16-36-18-39(22)17-20/h4-7,12-19H,1,8-11H2,2-3H3/t19-/m1/s1. The second kappa shape index (κ2) is 11.5. The Labute approximate surface area is 261 Å². The van der Waals surface area contributed by atoms with E-state index in [2.05, 4.69) is 11.6 Å². The van der Waals surface area contributed by atoms with Crippen LogP contribution in [-0.4, -0.2) is 61.8 Å². The van der Waals surface area contributed by atoms with Gasteiger partial charge in [0.15, 0.2) is 0 Å². The van der Waals surface area contributed by atoms with Crippen LogP contribution in [0.5, 0.6) is 5.75 Å². The molecule has 228 valence electrons. The van der Waals surface area contributed by atoms with Gasteiger partial charge in [0.2, 0.25) is 5.91 Å². The van der Waals surface area contributed by atoms with Gasteiger partial charge in [-0.15, -0.1) is 11.3 Å². The number of hydrogen-bond acceptors (Lipinski definition) is 7. The summed E-state index contributed by atoms with van der Waals surface area (Å²) in [6.07, 6.45) is 6.74. The van der Waals surface area contributed by atoms with E-state index in [9.17, 15) is 9.18 Å². The molecule has 0 spiro atoms. The van der Waals surface area contributed by atoms with E-state index in [0.717, 1.165) is 32.9 Å². The smallest absolute Gasteiger partial charge is 0.246 e. The van der Waals surface area contributed by atoms with Gasteiger partial charge in [-0.1, -0.05) is 6.58 Å². The number of carbonyl (C=O) groups excluding carboxylic acids is 1. The fourth-order valence-corrected chi connectivity index (χ4v) is 6.85. The predicted molar refractivity (Wildman–Crippen MR) is 168 cm³/mol. The van der Waals surface area contributed by atoms with E-state index in [-0.39, 0.29) is 36.5 Å². The van der Waals surface area contributed by atoms with Crippen molar-refractivity contribution < 1.29 is 23.0 Å². The van der Waals surface area contributed by atoms with Crippen molar-refractivity contribution >= 4 is 32.8 Å². The van der Waals surface area contributed by atoms with Crippen LogP contribution < -0.4 is 4.74 Å². The number of amides is 1. The Kier molecular flexibility index (Phi) is 7.38. The van der Waals surface area contributed by atoms with Gasteiger partial charge in [-0.3, -0.25) is 9.48 Å². The summed E-state index contributed by atoms with van der Waals surface area (Å²) in [5.74, 6) is -1.68. The lowest BCUT2D eigenvalue weighted by molar-refractivity contribution is -0.129. The zero-order chi connectivity index (χ0) is 31.2. The molecule has 0 saturated carbocycles. The van der Waals surface area contributed by atoms with Gasteiger partial charge in [0.1, 0.15) is 35.4 Å². The first-order chi connectivity index (χ1) is 21.9. The van der Waals surface area contributed by atoms with Crippen LogP contribution in [0.2, 0.25) is 0 Å². The molecule has 1 amide bonds. The summed E-state index contributed by atoms with van der Waals surface area (Å²) in [6.45, 7) is 6.83. The minimum Gasteiger partial charge on any atom is -0.490 e. The van der Waals surface area contributed by atoms with Gasteiger partial charge in [0.25, 0.3) is 0 Å². The van der Waals surface area contributed by atoms with E-state index in [1.165, 1.54) is 30.6 Å². The van der Waals surface area contributed by atoms with Gasteiger partial charge in [-0.05, 0) is 42.6 Å². The summed E-state index contributed by atoms with van der Waals surface area (Å²) < 4.78 is 46.1. The van der Waals surface area contributed by atoms with Crippen molar-refractivity contribution in [1.29, 1.82) is 0 Å². The number of aromatic nitrogens is 5. The molecule has 7 rings (SSSR count). The highest BCUT2D eigenvalue weighted by Gasteiger charge is 2.31. The number of fused-ring (bicyclic) bond motifs is 3. The Hall–Kier alpha value is -4.94. The maximum Gasteiger partial charge on any atom is 0.246 e. The van der Waals surface area contributed by atoms with E-state index in [1.807, 2.05) is 51.8 Å². The number of thiophene rings is 1. The first-order valence-electron chi connectivity index (χ1n) is 14.3. The molecule has 0 fully saturated rings. The van der Waals surface area contributed by atoms with Crippen molar-refractivity contribution in [2.24, 2.45) is 0 Å². The lowest BCUT2D eigenvalue weighted by atomic mass is 9.96. The molecule has 0 unspecified atom stereocenters. The van der Waals surface area contributed by atoms with Crippen molar-refractivity contribution in [2.75, 3.05) is 26.9 Å². The molecule has 0 radical (unpaired) electrons. The van der Waals surface area contributed by atoms with Crippen LogP contribution in [0.4, 0.5) is 8.78 Å². The topological polar surface area (TPSA) is 86.8 Å². The molecular formula is C33H28F2N6O3S. The Morgan fingerprint density at radius 1 is 1.13 bits per heavy atom. The Bertz CT molecular complexity index is 2100. The van der Waals surface area contributed by atoms with Crippen LogP contribution in [0.25, 0.3) is 49.4 Å². The molecule has 6 aromatic rings. The summed E-state index contributed by atoms with van der Waals surface area (Å²) in [7, 11) is 1.53. The van der Waals surface area contributed by atoms with E-state index in [1.54, 1.807) is 17.4 Å². The van der Waals surface area contributed by atoms with Crippen molar-refractivity contribution in [1.82, 2.24) is 29.0 Å². The second-order valence-electron chi connectivity index (χ2n) is 10.7. The number of halogens is 2. The summed E-state index contributed by atoms with van der Waals surface area (Å²) >= 11 is 1.43. The number of pyridine rings is 2. The summed E-state index contributed by atoms with van der Waals surface area (Å²) in [5.41, 5.74) is 4.66. The van der Waals surface area contributed by atoms with E-state index < -0.39 is 11.6 Å². The molecule has 1 aliphatic rings. The van der Waals surface area contributed by atoms with Crippen molar-refractivity contribution in [3.8, 4) is 39.5 Å². The Balaban J connectivity index is 1.50. The summed E-state index contributed by atoms with van der Waals surface area (Å²) in [5, 5.41) is 7.64. The predicted octanol–water partition coefficient (Wildman–Crippen LogP) is 6.53. The molecule has 1 atom stereocenters. The zero-order valence-corrected chi connectivity index (χ0v) is 25.4. The van der Waals surface area contributed by atoms with Crippen LogP contribution in [0.1, 0.15) is 18.7 Å². The fraction of sp³-hybridized carbons (Fsp3) is 0.212. The van der Waals surface area contributed by atoms with Gasteiger partial charge in [-0.2, -0.15) is 5.10 Å². The molecule has 1 aliphatic heterocycles. The number of hydrogen-bond donors (Lipinski definition) is 0. The molecule has 1 aromatic carbocycles. The first-order valence-corrected chi connectivity index (χ1v) is 15.2. The van der Waals surface area contributed by atoms with Gasteiger partial charge < -0.3 is 18.8 Å². The fourth-order valence-electron chi connectivity index (χ4n) is 5.90. The molecule has 6 heterocycles. The van der Waals surface area contributed by atoms with E-state index >= 15 is 4.39 Å². The SMILES string of the molecule is C=CC(=O)N1CCn2nc(-c3nc(-c4ccc5cncn5c4)c4ccsc4c3-c3c(F)cc(F)cc3OCCOC)cc2[C@H]1C. The third kappa shape index (κ3) is 4.95. The zero-order valence-electron chi connectivity index (χ0n) is 24.5. The molecular weight excluding hydrogens is 598 g/mol. The largest absolute Gasteiger partial charge is 0.490 e. The van der Waals surface area contributed by atoms with Crippen LogP contribution in [-0.2, 0) is 16.1 Å². The minimum absolute atomic E-state index is 0.0370. The molecule has 12 heteroatoms. The number of carbonyl (C=O) groups is 1. The molecule has 0 bridgehead atoms. The minimum atomic E-state index is -0.784. The van der Waals surface area contributed by atoms with Crippen LogP contribution in [0, 0.1) is 11.6 Å². The number of ether oxygens (including phenoxy) is 2. The number of imidazole rings is 1. The normalized spacial score (nSPS) is 14.7. The van der Waals surface area contributed by atoms with Crippen LogP contribution in [0.15, 0.2) is 73.2 Å². The Morgan fingerprint density at radius 2 is 2.00 bits per heavy atom. The second-order valence-corrected chi connectivity index (χ2v) is 11.6. The number of methoxy groups -OCH3 is 1. The number of nitrogens with zero attached hydrogens (tertiary/aromatic N) is 6. The molecule has 0 aliphatic carbocycles. The average Bonchev–Trinajstić information content (AvgIpc) is 3.80. The molecule has 5 aromatic heterocycles. The molecule has 0 saturated heterocycles. The average molecular weight is 627 g/mol. The number of rotatable bonds is 8. The van der Waals surface area contributed by atoms with Gasteiger partial charge >= 0.3 is 0 Å². The monoisotopic (exact) mass is 626 g/mol. The maximum absolute atomic E-state index is 16.0. The van der Waals surface area contributed by atoms with Crippen molar-refractivity contribution in [2.45, 2.75) is 19.5 Å². The van der Waals surface area contributed by atoms with Crippen molar-refractivity contribution in [3.05, 3.63) is 90.5 Å². The quantitative estimate of drug-likeness (QED) is 0.141. The number of benzene rings is 1. The van der Waals surface area contributed by atoms with Crippen molar-refractivity contribution in [3.63, 3.8) is 0 Å². The van der Waals surface area contributed by atoms with Gasteiger partial charge in [-0.25, -0.2) is 18.7 Å². The third-order valence-corrected chi connectivity index (χ3v) is 8.99.